The Balaban J connectivity index is 1.52. The summed E-state index contributed by atoms with van der Waals surface area (Å²) in [5, 5.41) is 33.9. The molecule has 166 valence electrons. The summed E-state index contributed by atoms with van der Waals surface area (Å²) in [5.74, 6) is 0.662. The zero-order chi connectivity index (χ0) is 22.5. The number of likely N-dealkylation sites (tertiary alicyclic amines) is 1. The van der Waals surface area contributed by atoms with E-state index in [0.717, 1.165) is 65.6 Å². The molecule has 2 aromatic carbocycles. The molecule has 0 radical (unpaired) electrons. The average molecular weight is 440 g/mol. The van der Waals surface area contributed by atoms with Crippen LogP contribution >= 0.6 is 0 Å². The van der Waals surface area contributed by atoms with Gasteiger partial charge in [-0.05, 0) is 61.2 Å². The highest BCUT2D eigenvalue weighted by Crippen LogP contribution is 2.68. The summed E-state index contributed by atoms with van der Waals surface area (Å²) in [4.78, 5) is 5.98. The number of aromatic amines is 1. The van der Waals surface area contributed by atoms with Gasteiger partial charge in [0.15, 0.2) is 17.6 Å². The normalized spacial score (nSPS) is 30.9. The molecule has 3 aromatic rings. The summed E-state index contributed by atoms with van der Waals surface area (Å²) in [6.45, 7) is 5.62. The van der Waals surface area contributed by atoms with E-state index in [1.165, 1.54) is 0 Å². The molecule has 6 nitrogen and oxygen atoms in total. The van der Waals surface area contributed by atoms with E-state index in [1.54, 1.807) is 6.07 Å². The van der Waals surface area contributed by atoms with Crippen LogP contribution in [0.1, 0.15) is 46.9 Å². The number of aliphatic hydroxyl groups is 1. The van der Waals surface area contributed by atoms with Gasteiger partial charge in [0.2, 0.25) is 0 Å². The number of phenolic OH excluding ortho intramolecular Hbond substituents is 1. The van der Waals surface area contributed by atoms with E-state index in [4.69, 9.17) is 4.74 Å². The Labute approximate surface area is 191 Å². The number of nitrogens with one attached hydrogen (secondary N) is 1. The number of hydrogen-bond donors (Lipinski definition) is 3. The first-order valence-electron chi connectivity index (χ1n) is 11.7. The number of hydrogen-bond acceptors (Lipinski definition) is 5. The minimum absolute atomic E-state index is 0.0578. The van der Waals surface area contributed by atoms with Crippen molar-refractivity contribution in [2.45, 2.75) is 48.8 Å². The van der Waals surface area contributed by atoms with Gasteiger partial charge in [-0.25, -0.2) is 0 Å². The Kier molecular flexibility index (Phi) is 3.61. The maximum Gasteiger partial charge on any atom is 0.166 e. The molecular weight excluding hydrogens is 414 g/mol. The van der Waals surface area contributed by atoms with Crippen molar-refractivity contribution in [2.24, 2.45) is 0 Å². The topological polar surface area (TPSA) is 92.5 Å². The number of H-pyrrole nitrogens is 1. The molecular formula is C27H25N3O3. The minimum atomic E-state index is -1.05. The van der Waals surface area contributed by atoms with Crippen molar-refractivity contribution in [3.05, 3.63) is 70.9 Å². The van der Waals surface area contributed by atoms with Crippen LogP contribution in [0.2, 0.25) is 0 Å². The number of piperidine rings is 1. The number of phenols is 1. The molecule has 6 heteroatoms. The second kappa shape index (κ2) is 6.19. The van der Waals surface area contributed by atoms with Gasteiger partial charge in [-0.2, -0.15) is 5.26 Å². The molecule has 3 N–H and O–H groups in total. The van der Waals surface area contributed by atoms with E-state index in [9.17, 15) is 15.5 Å². The molecule has 4 aliphatic rings. The Hall–Kier alpha value is -3.27. The molecule has 1 aromatic heterocycles. The van der Waals surface area contributed by atoms with E-state index in [2.05, 4.69) is 22.5 Å². The number of benzene rings is 2. The lowest BCUT2D eigenvalue weighted by Gasteiger charge is -2.62. The molecule has 1 fully saturated rings. The Bertz CT molecular complexity index is 1400. The van der Waals surface area contributed by atoms with Crippen LogP contribution < -0.4 is 4.74 Å². The van der Waals surface area contributed by atoms with Gasteiger partial charge in [0, 0.05) is 35.5 Å². The standard InChI is InChI=1S/C27H25N3O3/c1-2-3-9-30-10-8-26-22-16-5-7-20(31)24(22)33-25(26)23-18(13-27(26,32)21(30)12-16)17-11-15(14-28)4-6-19(17)29-23/h2,4-7,11,21,25,29,31-32H,1,3,8-10,12-13H2/t21-,25-,26-,27+/m0/s1. The molecule has 33 heavy (non-hydrogen) atoms. The third-order valence-electron chi connectivity index (χ3n) is 8.72. The monoisotopic (exact) mass is 439 g/mol. The van der Waals surface area contributed by atoms with Gasteiger partial charge in [-0.1, -0.05) is 12.1 Å². The molecule has 2 aliphatic carbocycles. The molecule has 2 bridgehead atoms. The van der Waals surface area contributed by atoms with Gasteiger partial charge in [0.1, 0.15) is 0 Å². The number of rotatable bonds is 3. The third-order valence-corrected chi connectivity index (χ3v) is 8.72. The fraction of sp³-hybridized carbons (Fsp3) is 0.370. The maximum atomic E-state index is 12.7. The van der Waals surface area contributed by atoms with Crippen LogP contribution in [0.15, 0.2) is 43.0 Å². The SMILES string of the molecule is C=CCCN1CC[C@]23c4c5ccc(O)c4O[C@H]2c2[nH]c4ccc(C#N)cc4c2C[C@@]3(O)[C@@H]1C5. The third kappa shape index (κ3) is 2.11. The van der Waals surface area contributed by atoms with Crippen molar-refractivity contribution >= 4 is 10.9 Å². The van der Waals surface area contributed by atoms with Crippen LogP contribution in [0.25, 0.3) is 10.9 Å². The molecule has 2 aliphatic heterocycles. The lowest BCUT2D eigenvalue weighted by Crippen LogP contribution is -2.74. The van der Waals surface area contributed by atoms with Gasteiger partial charge in [-0.15, -0.1) is 6.58 Å². The molecule has 7 rings (SSSR count). The summed E-state index contributed by atoms with van der Waals surface area (Å²) in [6, 6.07) is 11.6. The van der Waals surface area contributed by atoms with Crippen LogP contribution in [0, 0.1) is 11.3 Å². The first-order valence-corrected chi connectivity index (χ1v) is 11.7. The first kappa shape index (κ1) is 19.2. The lowest BCUT2D eigenvalue weighted by molar-refractivity contribution is -0.172. The highest BCUT2D eigenvalue weighted by atomic mass is 16.5. The fourth-order valence-electron chi connectivity index (χ4n) is 7.37. The van der Waals surface area contributed by atoms with Crippen molar-refractivity contribution < 1.29 is 14.9 Å². The quantitative estimate of drug-likeness (QED) is 0.542. The summed E-state index contributed by atoms with van der Waals surface area (Å²) >= 11 is 0. The molecule has 0 saturated carbocycles. The number of ether oxygens (including phenoxy) is 1. The van der Waals surface area contributed by atoms with Crippen molar-refractivity contribution in [2.75, 3.05) is 13.1 Å². The predicted molar refractivity (Wildman–Crippen MR) is 123 cm³/mol. The number of nitrogens with zero attached hydrogens (tertiary/aromatic N) is 2. The Morgan fingerprint density at radius 3 is 3.03 bits per heavy atom. The van der Waals surface area contributed by atoms with Gasteiger partial charge >= 0.3 is 0 Å². The molecule has 3 heterocycles. The van der Waals surface area contributed by atoms with Crippen molar-refractivity contribution in [3.8, 4) is 17.6 Å². The summed E-state index contributed by atoms with van der Waals surface area (Å²) < 4.78 is 6.56. The average Bonchev–Trinajstić information content (AvgIpc) is 3.35. The molecule has 0 amide bonds. The minimum Gasteiger partial charge on any atom is -0.504 e. The molecule has 1 spiro atoms. The van der Waals surface area contributed by atoms with Gasteiger partial charge < -0.3 is 19.9 Å². The predicted octanol–water partition coefficient (Wildman–Crippen LogP) is 3.61. The second-order valence-electron chi connectivity index (χ2n) is 9.99. The summed E-state index contributed by atoms with van der Waals surface area (Å²) in [6.07, 6.45) is 4.36. The highest BCUT2D eigenvalue weighted by molar-refractivity contribution is 5.87. The highest BCUT2D eigenvalue weighted by Gasteiger charge is 2.72. The Morgan fingerprint density at radius 2 is 2.21 bits per heavy atom. The van der Waals surface area contributed by atoms with Crippen molar-refractivity contribution in [1.82, 2.24) is 9.88 Å². The first-order chi connectivity index (χ1) is 16.0. The van der Waals surface area contributed by atoms with Crippen LogP contribution in [0.3, 0.4) is 0 Å². The van der Waals surface area contributed by atoms with E-state index in [1.807, 2.05) is 30.3 Å². The van der Waals surface area contributed by atoms with E-state index >= 15 is 0 Å². The summed E-state index contributed by atoms with van der Waals surface area (Å²) in [5.41, 5.74) is 4.03. The second-order valence-corrected chi connectivity index (χ2v) is 9.99. The van der Waals surface area contributed by atoms with E-state index in [0.29, 0.717) is 17.7 Å². The van der Waals surface area contributed by atoms with Gasteiger partial charge in [0.25, 0.3) is 0 Å². The zero-order valence-corrected chi connectivity index (χ0v) is 18.3. The largest absolute Gasteiger partial charge is 0.504 e. The van der Waals surface area contributed by atoms with Gasteiger partial charge in [-0.3, -0.25) is 4.90 Å². The van der Waals surface area contributed by atoms with Crippen molar-refractivity contribution in [1.29, 1.82) is 5.26 Å². The molecule has 4 atom stereocenters. The van der Waals surface area contributed by atoms with Crippen LogP contribution in [0.5, 0.6) is 11.5 Å². The smallest absolute Gasteiger partial charge is 0.166 e. The number of fused-ring (bicyclic) bond motifs is 4. The van der Waals surface area contributed by atoms with Gasteiger partial charge in [0.05, 0.1) is 28.3 Å². The number of aromatic hydroxyl groups is 1. The van der Waals surface area contributed by atoms with Crippen LogP contribution in [0.4, 0.5) is 0 Å². The number of aromatic nitrogens is 1. The molecule has 0 unspecified atom stereocenters. The maximum absolute atomic E-state index is 12.7. The van der Waals surface area contributed by atoms with Crippen LogP contribution in [-0.4, -0.2) is 44.8 Å². The number of nitriles is 1. The van der Waals surface area contributed by atoms with Crippen LogP contribution in [-0.2, 0) is 18.3 Å². The van der Waals surface area contributed by atoms with Crippen molar-refractivity contribution in [3.63, 3.8) is 0 Å². The van der Waals surface area contributed by atoms with E-state index < -0.39 is 17.1 Å². The van der Waals surface area contributed by atoms with E-state index in [-0.39, 0.29) is 11.8 Å². The lowest BCUT2D eigenvalue weighted by atomic mass is 9.49. The Morgan fingerprint density at radius 1 is 1.33 bits per heavy atom. The summed E-state index contributed by atoms with van der Waals surface area (Å²) in [7, 11) is 0. The fourth-order valence-corrected chi connectivity index (χ4v) is 7.37. The molecule has 1 saturated heterocycles. The zero-order valence-electron chi connectivity index (χ0n) is 18.3.